The highest BCUT2D eigenvalue weighted by molar-refractivity contribution is 14.1. The first-order valence-corrected chi connectivity index (χ1v) is 7.99. The standard InChI is InChI=1S/C15H15IN2O5/c1-2-5-18-14(21)11(17-15(18)22)7-9-3-4-12(10(16)6-9)23-8-13(19)20/h3-4,6-7H,2,5,8H2,1H3,(H,17,22)(H,19,20)/b11-7+. The van der Waals surface area contributed by atoms with E-state index >= 15 is 0 Å². The molecule has 1 aromatic carbocycles. The van der Waals surface area contributed by atoms with Gasteiger partial charge in [-0.2, -0.15) is 0 Å². The van der Waals surface area contributed by atoms with Crippen LogP contribution in [0, 0.1) is 3.57 Å². The summed E-state index contributed by atoms with van der Waals surface area (Å²) in [6, 6.07) is 4.64. The number of aliphatic carboxylic acids is 1. The number of hydrogen-bond acceptors (Lipinski definition) is 4. The molecule has 2 rings (SSSR count). The van der Waals surface area contributed by atoms with E-state index in [9.17, 15) is 14.4 Å². The van der Waals surface area contributed by atoms with Crippen molar-refractivity contribution in [3.05, 3.63) is 33.0 Å². The van der Waals surface area contributed by atoms with Crippen molar-refractivity contribution >= 4 is 46.6 Å². The maximum absolute atomic E-state index is 12.1. The minimum atomic E-state index is -1.05. The van der Waals surface area contributed by atoms with Gasteiger partial charge in [0.1, 0.15) is 11.4 Å². The van der Waals surface area contributed by atoms with E-state index in [-0.39, 0.29) is 11.6 Å². The highest BCUT2D eigenvalue weighted by Gasteiger charge is 2.32. The number of carboxylic acids is 1. The van der Waals surface area contributed by atoms with E-state index in [0.717, 1.165) is 0 Å². The number of hydrogen-bond donors (Lipinski definition) is 2. The SMILES string of the molecule is CCCN1C(=O)N/C(=C/c2ccc(OCC(=O)O)c(I)c2)C1=O. The lowest BCUT2D eigenvalue weighted by molar-refractivity contribution is -0.139. The number of carbonyl (C=O) groups excluding carboxylic acids is 2. The molecule has 1 saturated heterocycles. The summed E-state index contributed by atoms with van der Waals surface area (Å²) in [6.07, 6.45) is 2.28. The van der Waals surface area contributed by atoms with Gasteiger partial charge >= 0.3 is 12.0 Å². The maximum atomic E-state index is 12.1. The van der Waals surface area contributed by atoms with Crippen molar-refractivity contribution < 1.29 is 24.2 Å². The first-order chi connectivity index (χ1) is 10.9. The van der Waals surface area contributed by atoms with E-state index in [4.69, 9.17) is 9.84 Å². The predicted octanol–water partition coefficient (Wildman–Crippen LogP) is 2.06. The lowest BCUT2D eigenvalue weighted by Gasteiger charge is -2.08. The van der Waals surface area contributed by atoms with Crippen LogP contribution in [0.1, 0.15) is 18.9 Å². The van der Waals surface area contributed by atoms with Crippen molar-refractivity contribution in [1.29, 1.82) is 0 Å². The molecule has 0 saturated carbocycles. The minimum absolute atomic E-state index is 0.221. The highest BCUT2D eigenvalue weighted by atomic mass is 127. The van der Waals surface area contributed by atoms with Gasteiger partial charge in [-0.1, -0.05) is 13.0 Å². The molecule has 3 amide bonds. The Balaban J connectivity index is 2.17. The fourth-order valence-electron chi connectivity index (χ4n) is 2.03. The zero-order valence-corrected chi connectivity index (χ0v) is 14.5. The number of nitrogens with zero attached hydrogens (tertiary/aromatic N) is 1. The molecule has 7 nitrogen and oxygen atoms in total. The first-order valence-electron chi connectivity index (χ1n) is 6.91. The summed E-state index contributed by atoms with van der Waals surface area (Å²) in [5, 5.41) is 11.2. The zero-order chi connectivity index (χ0) is 17.0. The van der Waals surface area contributed by atoms with E-state index in [2.05, 4.69) is 5.32 Å². The largest absolute Gasteiger partial charge is 0.481 e. The Hall–Kier alpha value is -2.10. The van der Waals surface area contributed by atoms with Gasteiger partial charge in [0.15, 0.2) is 6.61 Å². The third-order valence-corrected chi connectivity index (χ3v) is 3.87. The van der Waals surface area contributed by atoms with Crippen molar-refractivity contribution in [2.45, 2.75) is 13.3 Å². The fraction of sp³-hybridized carbons (Fsp3) is 0.267. The summed E-state index contributed by atoms with van der Waals surface area (Å²) in [7, 11) is 0. The number of carbonyl (C=O) groups is 3. The van der Waals surface area contributed by atoms with Gasteiger partial charge in [0.2, 0.25) is 0 Å². The number of carboxylic acid groups (broad SMARTS) is 1. The van der Waals surface area contributed by atoms with E-state index in [0.29, 0.717) is 27.8 Å². The van der Waals surface area contributed by atoms with Crippen LogP contribution >= 0.6 is 22.6 Å². The third-order valence-electron chi connectivity index (χ3n) is 3.03. The van der Waals surface area contributed by atoms with Gasteiger partial charge in [-0.3, -0.25) is 9.69 Å². The molecule has 122 valence electrons. The van der Waals surface area contributed by atoms with Crippen LogP contribution < -0.4 is 10.1 Å². The van der Waals surface area contributed by atoms with Gasteiger partial charge in [-0.15, -0.1) is 0 Å². The molecule has 1 aliphatic heterocycles. The average molecular weight is 430 g/mol. The van der Waals surface area contributed by atoms with Gasteiger partial charge in [0.25, 0.3) is 5.91 Å². The number of amides is 3. The Bertz CT molecular complexity index is 686. The molecule has 0 aliphatic carbocycles. The van der Waals surface area contributed by atoms with Crippen molar-refractivity contribution in [2.75, 3.05) is 13.2 Å². The molecule has 0 radical (unpaired) electrons. The Morgan fingerprint density at radius 2 is 2.17 bits per heavy atom. The zero-order valence-electron chi connectivity index (χ0n) is 12.3. The molecule has 1 fully saturated rings. The summed E-state index contributed by atoms with van der Waals surface area (Å²) >= 11 is 2.02. The van der Waals surface area contributed by atoms with Gasteiger partial charge in [0.05, 0.1) is 3.57 Å². The second-order valence-corrected chi connectivity index (χ2v) is 5.98. The van der Waals surface area contributed by atoms with Gasteiger partial charge in [0, 0.05) is 6.54 Å². The molecule has 1 aromatic rings. The van der Waals surface area contributed by atoms with E-state index < -0.39 is 18.6 Å². The second kappa shape index (κ2) is 7.44. The van der Waals surface area contributed by atoms with Crippen LogP contribution in [-0.2, 0) is 9.59 Å². The topological polar surface area (TPSA) is 95.9 Å². The summed E-state index contributed by atoms with van der Waals surface area (Å²) < 4.78 is 5.85. The molecule has 0 aromatic heterocycles. The Labute approximate surface area is 146 Å². The molecule has 1 heterocycles. The number of nitrogens with one attached hydrogen (secondary N) is 1. The average Bonchev–Trinajstić information content (AvgIpc) is 2.74. The van der Waals surface area contributed by atoms with Crippen molar-refractivity contribution in [3.8, 4) is 5.75 Å². The Morgan fingerprint density at radius 1 is 1.43 bits per heavy atom. The summed E-state index contributed by atoms with van der Waals surface area (Å²) in [5.41, 5.74) is 0.928. The normalized spacial score (nSPS) is 15.9. The maximum Gasteiger partial charge on any atom is 0.341 e. The van der Waals surface area contributed by atoms with Crippen LogP contribution in [0.3, 0.4) is 0 Å². The predicted molar refractivity (Wildman–Crippen MR) is 90.8 cm³/mol. The monoisotopic (exact) mass is 430 g/mol. The Morgan fingerprint density at radius 3 is 2.78 bits per heavy atom. The Kier molecular flexibility index (Phi) is 5.59. The van der Waals surface area contributed by atoms with Crippen LogP contribution in [-0.4, -0.2) is 41.1 Å². The summed E-state index contributed by atoms with van der Waals surface area (Å²) in [6.45, 7) is 1.85. The van der Waals surface area contributed by atoms with E-state index in [1.807, 2.05) is 29.5 Å². The van der Waals surface area contributed by atoms with Gasteiger partial charge < -0.3 is 15.2 Å². The molecule has 23 heavy (non-hydrogen) atoms. The number of imide groups is 1. The van der Waals surface area contributed by atoms with E-state index in [1.54, 1.807) is 24.3 Å². The molecule has 1 aliphatic rings. The van der Waals surface area contributed by atoms with E-state index in [1.165, 1.54) is 4.90 Å². The number of rotatable bonds is 6. The van der Waals surface area contributed by atoms with Crippen LogP contribution in [0.5, 0.6) is 5.75 Å². The molecule has 0 spiro atoms. The molecule has 0 bridgehead atoms. The lowest BCUT2D eigenvalue weighted by Crippen LogP contribution is -2.31. The second-order valence-electron chi connectivity index (χ2n) is 4.82. The van der Waals surface area contributed by atoms with Crippen molar-refractivity contribution in [1.82, 2.24) is 10.2 Å². The minimum Gasteiger partial charge on any atom is -0.481 e. The molecule has 0 atom stereocenters. The third kappa shape index (κ3) is 4.21. The molecule has 2 N–H and O–H groups in total. The number of benzene rings is 1. The number of urea groups is 1. The van der Waals surface area contributed by atoms with Crippen LogP contribution in [0.4, 0.5) is 4.79 Å². The van der Waals surface area contributed by atoms with Crippen molar-refractivity contribution in [3.63, 3.8) is 0 Å². The fourth-order valence-corrected chi connectivity index (χ4v) is 2.72. The molecule has 0 unspecified atom stereocenters. The van der Waals surface area contributed by atoms with Crippen molar-refractivity contribution in [2.24, 2.45) is 0 Å². The van der Waals surface area contributed by atoms with Gasteiger partial charge in [-0.05, 0) is 52.8 Å². The molecular weight excluding hydrogens is 415 g/mol. The number of ether oxygens (including phenoxy) is 1. The van der Waals surface area contributed by atoms with Gasteiger partial charge in [-0.25, -0.2) is 9.59 Å². The highest BCUT2D eigenvalue weighted by Crippen LogP contribution is 2.24. The summed E-state index contributed by atoms with van der Waals surface area (Å²) in [5.74, 6) is -0.954. The first kappa shape index (κ1) is 17.3. The van der Waals surface area contributed by atoms with Crippen LogP contribution in [0.25, 0.3) is 6.08 Å². The lowest BCUT2D eigenvalue weighted by atomic mass is 10.2. The quantitative estimate of drug-likeness (QED) is 0.409. The number of halogens is 1. The van der Waals surface area contributed by atoms with Crippen LogP contribution in [0.2, 0.25) is 0 Å². The summed E-state index contributed by atoms with van der Waals surface area (Å²) in [4.78, 5) is 35.5. The van der Waals surface area contributed by atoms with Crippen LogP contribution in [0.15, 0.2) is 23.9 Å². The molecular formula is C15H15IN2O5. The molecule has 8 heteroatoms. The smallest absolute Gasteiger partial charge is 0.341 e.